The van der Waals surface area contributed by atoms with Crippen molar-refractivity contribution in [2.75, 3.05) is 13.7 Å². The predicted octanol–water partition coefficient (Wildman–Crippen LogP) is 3.79. The molecule has 0 radical (unpaired) electrons. The SMILES string of the molecule is COC(=O)CCN1C(=S)N[C@H](c2ccccn2)[C@H]1c1ccc(-c2cccc([N+](=O)[O-])c2)o1. The highest BCUT2D eigenvalue weighted by Crippen LogP contribution is 2.40. The number of methoxy groups -OCH3 is 1. The highest BCUT2D eigenvalue weighted by atomic mass is 32.1. The van der Waals surface area contributed by atoms with E-state index in [0.29, 0.717) is 28.7 Å². The lowest BCUT2D eigenvalue weighted by Gasteiger charge is -2.25. The number of ether oxygens (including phenoxy) is 1. The fourth-order valence-corrected chi connectivity index (χ4v) is 4.04. The maximum atomic E-state index is 11.7. The molecule has 0 bridgehead atoms. The van der Waals surface area contributed by atoms with Crippen molar-refractivity contribution in [3.05, 3.63) is 82.4 Å². The summed E-state index contributed by atoms with van der Waals surface area (Å²) in [5.74, 6) is 0.748. The predicted molar refractivity (Wildman–Crippen MR) is 120 cm³/mol. The second kappa shape index (κ2) is 9.15. The Morgan fingerprint density at radius 3 is 2.84 bits per heavy atom. The van der Waals surface area contributed by atoms with E-state index < -0.39 is 4.92 Å². The Morgan fingerprint density at radius 2 is 2.12 bits per heavy atom. The Morgan fingerprint density at radius 1 is 1.28 bits per heavy atom. The molecule has 32 heavy (non-hydrogen) atoms. The number of aromatic nitrogens is 1. The number of hydrogen-bond donors (Lipinski definition) is 1. The molecule has 1 saturated heterocycles. The Bertz CT molecular complexity index is 1150. The van der Waals surface area contributed by atoms with Crippen molar-refractivity contribution in [2.24, 2.45) is 0 Å². The zero-order valence-electron chi connectivity index (χ0n) is 17.1. The molecule has 0 unspecified atom stereocenters. The number of nitro benzene ring substituents is 1. The summed E-state index contributed by atoms with van der Waals surface area (Å²) in [5.41, 5.74) is 1.35. The summed E-state index contributed by atoms with van der Waals surface area (Å²) < 4.78 is 10.9. The van der Waals surface area contributed by atoms with Crippen LogP contribution in [-0.4, -0.2) is 39.5 Å². The number of hydrogen-bond acceptors (Lipinski definition) is 7. The molecule has 0 aliphatic carbocycles. The van der Waals surface area contributed by atoms with Gasteiger partial charge >= 0.3 is 5.97 Å². The minimum absolute atomic E-state index is 0.0183. The maximum absolute atomic E-state index is 11.7. The average molecular weight is 452 g/mol. The molecule has 1 fully saturated rings. The second-order valence-corrected chi connectivity index (χ2v) is 7.54. The first kappa shape index (κ1) is 21.4. The fourth-order valence-electron chi connectivity index (χ4n) is 3.71. The molecular formula is C22H20N4O5S. The fraction of sp³-hybridized carbons (Fsp3) is 0.227. The first-order chi connectivity index (χ1) is 15.5. The van der Waals surface area contributed by atoms with Crippen LogP contribution in [0.25, 0.3) is 11.3 Å². The Balaban J connectivity index is 1.69. The number of esters is 1. The van der Waals surface area contributed by atoms with Crippen LogP contribution in [0.5, 0.6) is 0 Å². The Kier molecular flexibility index (Phi) is 6.13. The van der Waals surface area contributed by atoms with Crippen LogP contribution in [0.2, 0.25) is 0 Å². The van der Waals surface area contributed by atoms with Crippen molar-refractivity contribution in [1.29, 1.82) is 0 Å². The van der Waals surface area contributed by atoms with Crippen LogP contribution in [0, 0.1) is 10.1 Å². The molecule has 1 aliphatic heterocycles. The van der Waals surface area contributed by atoms with Gasteiger partial charge in [-0.3, -0.25) is 19.9 Å². The normalized spacial score (nSPS) is 17.8. The molecule has 9 nitrogen and oxygen atoms in total. The van der Waals surface area contributed by atoms with E-state index in [1.807, 2.05) is 29.2 Å². The lowest BCUT2D eigenvalue weighted by molar-refractivity contribution is -0.384. The van der Waals surface area contributed by atoms with Gasteiger partial charge in [-0.2, -0.15) is 0 Å². The van der Waals surface area contributed by atoms with Crippen molar-refractivity contribution >= 4 is 29.0 Å². The number of non-ortho nitro benzene ring substituents is 1. The zero-order chi connectivity index (χ0) is 22.7. The van der Waals surface area contributed by atoms with Gasteiger partial charge in [0.2, 0.25) is 0 Å². The standard InChI is InChI=1S/C22H20N4O5S/c1-30-19(27)10-12-25-21(20(24-22(25)32)16-7-2-3-11-23-16)18-9-8-17(31-18)14-5-4-6-15(13-14)26(28)29/h2-9,11,13,20-21H,10,12H2,1H3,(H,24,32)/t20-,21-/m1/s1. The summed E-state index contributed by atoms with van der Waals surface area (Å²) in [5, 5.41) is 14.9. The third-order valence-corrected chi connectivity index (χ3v) is 5.59. The Hall–Kier alpha value is -3.79. The van der Waals surface area contributed by atoms with Crippen LogP contribution in [0.3, 0.4) is 0 Å². The van der Waals surface area contributed by atoms with E-state index in [9.17, 15) is 14.9 Å². The van der Waals surface area contributed by atoms with Gasteiger partial charge in [0.1, 0.15) is 17.6 Å². The summed E-state index contributed by atoms with van der Waals surface area (Å²) in [6.45, 7) is 0.333. The molecule has 1 aromatic carbocycles. The minimum atomic E-state index is -0.446. The topological polar surface area (TPSA) is 111 Å². The van der Waals surface area contributed by atoms with E-state index in [2.05, 4.69) is 10.3 Å². The summed E-state index contributed by atoms with van der Waals surface area (Å²) in [7, 11) is 1.34. The van der Waals surface area contributed by atoms with Crippen LogP contribution in [0.15, 0.2) is 65.2 Å². The van der Waals surface area contributed by atoms with Crippen LogP contribution in [0.4, 0.5) is 5.69 Å². The van der Waals surface area contributed by atoms with E-state index in [1.54, 1.807) is 24.4 Å². The Labute approximate surface area is 189 Å². The van der Waals surface area contributed by atoms with E-state index in [-0.39, 0.29) is 30.2 Å². The molecule has 0 spiro atoms. The van der Waals surface area contributed by atoms with E-state index in [4.69, 9.17) is 21.4 Å². The van der Waals surface area contributed by atoms with Gasteiger partial charge in [0.05, 0.1) is 30.2 Å². The second-order valence-electron chi connectivity index (χ2n) is 7.16. The lowest BCUT2D eigenvalue weighted by Crippen LogP contribution is -2.31. The van der Waals surface area contributed by atoms with E-state index in [1.165, 1.54) is 19.2 Å². The number of nitro groups is 1. The summed E-state index contributed by atoms with van der Waals surface area (Å²) in [4.78, 5) is 28.8. The number of rotatable bonds is 7. The monoisotopic (exact) mass is 452 g/mol. The third kappa shape index (κ3) is 4.30. The summed E-state index contributed by atoms with van der Waals surface area (Å²) in [6, 6.07) is 14.8. The largest absolute Gasteiger partial charge is 0.469 e. The number of thiocarbonyl (C=S) groups is 1. The van der Waals surface area contributed by atoms with Gasteiger partial charge in [0.15, 0.2) is 5.11 Å². The first-order valence-electron chi connectivity index (χ1n) is 9.87. The van der Waals surface area contributed by atoms with Gasteiger partial charge in [0, 0.05) is 30.4 Å². The van der Waals surface area contributed by atoms with Crippen LogP contribution in [0.1, 0.15) is 30.0 Å². The van der Waals surface area contributed by atoms with Crippen molar-refractivity contribution in [2.45, 2.75) is 18.5 Å². The summed E-state index contributed by atoms with van der Waals surface area (Å²) in [6.07, 6.45) is 1.85. The molecule has 1 N–H and O–H groups in total. The highest BCUT2D eigenvalue weighted by Gasteiger charge is 2.41. The third-order valence-electron chi connectivity index (χ3n) is 5.24. The quantitative estimate of drug-likeness (QED) is 0.248. The maximum Gasteiger partial charge on any atom is 0.307 e. The van der Waals surface area contributed by atoms with Gasteiger partial charge in [-0.1, -0.05) is 18.2 Å². The lowest BCUT2D eigenvalue weighted by atomic mass is 10.0. The van der Waals surface area contributed by atoms with E-state index >= 15 is 0 Å². The molecule has 2 atom stereocenters. The molecule has 0 amide bonds. The molecule has 4 rings (SSSR count). The number of nitrogens with zero attached hydrogens (tertiary/aromatic N) is 3. The smallest absolute Gasteiger partial charge is 0.307 e. The van der Waals surface area contributed by atoms with Crippen molar-refractivity contribution in [3.63, 3.8) is 0 Å². The van der Waals surface area contributed by atoms with Gasteiger partial charge in [-0.05, 0) is 36.5 Å². The number of benzene rings is 1. The molecule has 164 valence electrons. The first-order valence-corrected chi connectivity index (χ1v) is 10.3. The molecule has 1 aliphatic rings. The van der Waals surface area contributed by atoms with E-state index in [0.717, 1.165) is 5.69 Å². The molecule has 0 saturated carbocycles. The minimum Gasteiger partial charge on any atom is -0.469 e. The average Bonchev–Trinajstić information content (AvgIpc) is 3.42. The van der Waals surface area contributed by atoms with Crippen molar-refractivity contribution < 1.29 is 18.9 Å². The molecule has 3 heterocycles. The number of carbonyl (C=O) groups excluding carboxylic acids is 1. The molecule has 2 aromatic heterocycles. The number of furan rings is 1. The highest BCUT2D eigenvalue weighted by molar-refractivity contribution is 7.80. The van der Waals surface area contributed by atoms with Crippen LogP contribution < -0.4 is 5.32 Å². The van der Waals surface area contributed by atoms with Gasteiger partial charge in [0.25, 0.3) is 5.69 Å². The van der Waals surface area contributed by atoms with Gasteiger partial charge in [-0.15, -0.1) is 0 Å². The number of carbonyl (C=O) groups is 1. The zero-order valence-corrected chi connectivity index (χ0v) is 18.0. The number of pyridine rings is 1. The molecular weight excluding hydrogens is 432 g/mol. The van der Waals surface area contributed by atoms with Gasteiger partial charge in [-0.25, -0.2) is 0 Å². The van der Waals surface area contributed by atoms with Crippen LogP contribution >= 0.6 is 12.2 Å². The summed E-state index contributed by atoms with van der Waals surface area (Å²) >= 11 is 5.55. The molecule has 3 aromatic rings. The van der Waals surface area contributed by atoms with Crippen LogP contribution in [-0.2, 0) is 9.53 Å². The molecule has 10 heteroatoms. The van der Waals surface area contributed by atoms with Crippen molar-refractivity contribution in [3.8, 4) is 11.3 Å². The van der Waals surface area contributed by atoms with Gasteiger partial charge < -0.3 is 19.4 Å². The number of nitrogens with one attached hydrogen (secondary N) is 1. The van der Waals surface area contributed by atoms with Crippen molar-refractivity contribution in [1.82, 2.24) is 15.2 Å².